The SMILES string of the molecule is CCOc1ccc(NS(=O)(=O)c2cc(C(=O)NC(CC(C)C)C(=O)NC)ccc2Cl)cc1. The Labute approximate surface area is 193 Å². The summed E-state index contributed by atoms with van der Waals surface area (Å²) >= 11 is 6.13. The number of benzene rings is 2. The van der Waals surface area contributed by atoms with Crippen LogP contribution < -0.4 is 20.1 Å². The van der Waals surface area contributed by atoms with Crippen molar-refractivity contribution in [3.05, 3.63) is 53.1 Å². The van der Waals surface area contributed by atoms with Crippen molar-refractivity contribution in [3.63, 3.8) is 0 Å². The molecule has 3 N–H and O–H groups in total. The van der Waals surface area contributed by atoms with E-state index in [4.69, 9.17) is 16.3 Å². The molecule has 0 saturated carbocycles. The summed E-state index contributed by atoms with van der Waals surface area (Å²) in [6, 6.07) is 9.58. The predicted octanol–water partition coefficient (Wildman–Crippen LogP) is 3.43. The topological polar surface area (TPSA) is 114 Å². The van der Waals surface area contributed by atoms with Gasteiger partial charge in [0.1, 0.15) is 16.7 Å². The Kier molecular flexibility index (Phi) is 8.91. The van der Waals surface area contributed by atoms with Crippen molar-refractivity contribution in [2.75, 3.05) is 18.4 Å². The number of anilines is 1. The van der Waals surface area contributed by atoms with Crippen LogP contribution in [0.25, 0.3) is 0 Å². The van der Waals surface area contributed by atoms with Crippen molar-refractivity contribution in [3.8, 4) is 5.75 Å². The molecule has 0 radical (unpaired) electrons. The van der Waals surface area contributed by atoms with Gasteiger partial charge in [-0.2, -0.15) is 0 Å². The highest BCUT2D eigenvalue weighted by atomic mass is 35.5. The number of hydrogen-bond acceptors (Lipinski definition) is 5. The molecule has 1 unspecified atom stereocenters. The summed E-state index contributed by atoms with van der Waals surface area (Å²) in [7, 11) is -2.59. The second-order valence-corrected chi connectivity index (χ2v) is 9.54. The molecule has 0 aliphatic heterocycles. The molecule has 2 aromatic rings. The summed E-state index contributed by atoms with van der Waals surface area (Å²) in [6.45, 7) is 6.21. The molecule has 2 amide bonds. The van der Waals surface area contributed by atoms with Crippen LogP contribution in [-0.4, -0.2) is 39.9 Å². The fourth-order valence-corrected chi connectivity index (χ4v) is 4.55. The first-order chi connectivity index (χ1) is 15.1. The van der Waals surface area contributed by atoms with Crippen LogP contribution in [0.5, 0.6) is 5.75 Å². The maximum absolute atomic E-state index is 12.9. The molecule has 0 aromatic heterocycles. The Balaban J connectivity index is 2.26. The fraction of sp³-hybridized carbons (Fsp3) is 0.364. The van der Waals surface area contributed by atoms with Crippen LogP contribution in [-0.2, 0) is 14.8 Å². The van der Waals surface area contributed by atoms with E-state index in [1.54, 1.807) is 24.3 Å². The lowest BCUT2D eigenvalue weighted by Crippen LogP contribution is -2.46. The zero-order chi connectivity index (χ0) is 23.9. The molecule has 0 bridgehead atoms. The van der Waals surface area contributed by atoms with Crippen molar-refractivity contribution < 1.29 is 22.7 Å². The summed E-state index contributed by atoms with van der Waals surface area (Å²) < 4.78 is 33.6. The van der Waals surface area contributed by atoms with Crippen LogP contribution >= 0.6 is 11.6 Å². The lowest BCUT2D eigenvalue weighted by molar-refractivity contribution is -0.122. The molecule has 8 nitrogen and oxygen atoms in total. The molecule has 174 valence electrons. The third-order valence-electron chi connectivity index (χ3n) is 4.48. The van der Waals surface area contributed by atoms with Gasteiger partial charge in [-0.25, -0.2) is 8.42 Å². The van der Waals surface area contributed by atoms with E-state index in [0.717, 1.165) is 0 Å². The standard InChI is InChI=1S/C22H28ClN3O5S/c1-5-31-17-9-7-16(8-10-17)26-32(29,30)20-13-15(6-11-18(20)23)21(27)25-19(12-14(2)3)22(28)24-4/h6-11,13-14,19,26H,5,12H2,1-4H3,(H,24,28)(H,25,27). The number of nitrogens with one attached hydrogen (secondary N) is 3. The van der Waals surface area contributed by atoms with Gasteiger partial charge >= 0.3 is 0 Å². The fourth-order valence-electron chi connectivity index (χ4n) is 2.97. The minimum atomic E-state index is -4.08. The number of amides is 2. The molecule has 0 heterocycles. The summed E-state index contributed by atoms with van der Waals surface area (Å²) in [6.07, 6.45) is 0.434. The molecule has 0 fully saturated rings. The molecule has 1 atom stereocenters. The van der Waals surface area contributed by atoms with Crippen LogP contribution in [0.1, 0.15) is 37.6 Å². The average Bonchev–Trinajstić information content (AvgIpc) is 2.73. The van der Waals surface area contributed by atoms with Gasteiger partial charge in [0.15, 0.2) is 0 Å². The van der Waals surface area contributed by atoms with Gasteiger partial charge in [-0.1, -0.05) is 25.4 Å². The second-order valence-electron chi connectivity index (χ2n) is 7.48. The van der Waals surface area contributed by atoms with Gasteiger partial charge < -0.3 is 15.4 Å². The predicted molar refractivity (Wildman–Crippen MR) is 125 cm³/mol. The molecule has 0 spiro atoms. The number of likely N-dealkylation sites (N-methyl/N-ethyl adjacent to an activating group) is 1. The van der Waals surface area contributed by atoms with E-state index < -0.39 is 22.0 Å². The zero-order valence-corrected chi connectivity index (χ0v) is 20.0. The lowest BCUT2D eigenvalue weighted by Gasteiger charge is -2.19. The Morgan fingerprint density at radius 1 is 1.09 bits per heavy atom. The first kappa shape index (κ1) is 25.5. The van der Waals surface area contributed by atoms with Gasteiger partial charge in [-0.15, -0.1) is 0 Å². The number of carbonyl (C=O) groups excluding carboxylic acids is 2. The van der Waals surface area contributed by atoms with Gasteiger partial charge in [-0.05, 0) is 61.7 Å². The van der Waals surface area contributed by atoms with Crippen LogP contribution in [0.15, 0.2) is 47.4 Å². The van der Waals surface area contributed by atoms with Crippen molar-refractivity contribution in [1.82, 2.24) is 10.6 Å². The summed E-state index contributed by atoms with van der Waals surface area (Å²) in [5.41, 5.74) is 0.384. The highest BCUT2D eigenvalue weighted by molar-refractivity contribution is 7.92. The van der Waals surface area contributed by atoms with Crippen molar-refractivity contribution in [2.24, 2.45) is 5.92 Å². The summed E-state index contributed by atoms with van der Waals surface area (Å²) in [5, 5.41) is 5.14. The molecular weight excluding hydrogens is 454 g/mol. The quantitative estimate of drug-likeness (QED) is 0.481. The Morgan fingerprint density at radius 3 is 2.31 bits per heavy atom. The lowest BCUT2D eigenvalue weighted by atomic mass is 10.0. The normalized spacial score (nSPS) is 12.2. The maximum atomic E-state index is 12.9. The highest BCUT2D eigenvalue weighted by Gasteiger charge is 2.24. The monoisotopic (exact) mass is 481 g/mol. The van der Waals surface area contributed by atoms with Gasteiger partial charge in [0.25, 0.3) is 15.9 Å². The molecule has 32 heavy (non-hydrogen) atoms. The number of carbonyl (C=O) groups is 2. The smallest absolute Gasteiger partial charge is 0.263 e. The number of hydrogen-bond donors (Lipinski definition) is 3. The molecule has 0 aliphatic carbocycles. The average molecular weight is 482 g/mol. The van der Waals surface area contributed by atoms with E-state index in [1.165, 1.54) is 25.2 Å². The Bertz CT molecular complexity index is 1060. The summed E-state index contributed by atoms with van der Waals surface area (Å²) in [4.78, 5) is 24.6. The van der Waals surface area contributed by atoms with Crippen LogP contribution in [0.2, 0.25) is 5.02 Å². The van der Waals surface area contributed by atoms with E-state index in [9.17, 15) is 18.0 Å². The van der Waals surface area contributed by atoms with Crippen molar-refractivity contribution >= 4 is 39.1 Å². The van der Waals surface area contributed by atoms with E-state index >= 15 is 0 Å². The van der Waals surface area contributed by atoms with Crippen LogP contribution in [0.3, 0.4) is 0 Å². The van der Waals surface area contributed by atoms with Gasteiger partial charge in [0.05, 0.1) is 11.6 Å². The van der Waals surface area contributed by atoms with Crippen molar-refractivity contribution in [2.45, 2.75) is 38.1 Å². The van der Waals surface area contributed by atoms with Crippen molar-refractivity contribution in [1.29, 1.82) is 0 Å². The van der Waals surface area contributed by atoms with Gasteiger partial charge in [0, 0.05) is 18.3 Å². The number of rotatable bonds is 10. The zero-order valence-electron chi connectivity index (χ0n) is 18.4. The van der Waals surface area contributed by atoms with E-state index in [1.807, 2.05) is 20.8 Å². The highest BCUT2D eigenvalue weighted by Crippen LogP contribution is 2.26. The molecule has 0 saturated heterocycles. The Hall–Kier alpha value is -2.78. The first-order valence-electron chi connectivity index (χ1n) is 10.1. The maximum Gasteiger partial charge on any atom is 0.263 e. The molecule has 2 rings (SSSR count). The second kappa shape index (κ2) is 11.2. The van der Waals surface area contributed by atoms with E-state index in [0.29, 0.717) is 24.5 Å². The first-order valence-corrected chi connectivity index (χ1v) is 12.0. The van der Waals surface area contributed by atoms with Gasteiger partial charge in [-0.3, -0.25) is 14.3 Å². The largest absolute Gasteiger partial charge is 0.494 e. The Morgan fingerprint density at radius 2 is 1.75 bits per heavy atom. The van der Waals surface area contributed by atoms with Gasteiger partial charge in [0.2, 0.25) is 5.91 Å². The number of halogens is 1. The molecule has 0 aliphatic rings. The van der Waals surface area contributed by atoms with Crippen LogP contribution in [0, 0.1) is 5.92 Å². The molecular formula is C22H28ClN3O5S. The molecule has 10 heteroatoms. The third-order valence-corrected chi connectivity index (χ3v) is 6.34. The number of sulfonamides is 1. The molecule has 2 aromatic carbocycles. The number of ether oxygens (including phenoxy) is 1. The van der Waals surface area contributed by atoms with E-state index in [-0.39, 0.29) is 27.3 Å². The summed E-state index contributed by atoms with van der Waals surface area (Å²) in [5.74, 6) is -0.129. The van der Waals surface area contributed by atoms with Crippen LogP contribution in [0.4, 0.5) is 5.69 Å². The minimum absolute atomic E-state index is 0.0370. The van der Waals surface area contributed by atoms with E-state index in [2.05, 4.69) is 15.4 Å². The third kappa shape index (κ3) is 6.86. The minimum Gasteiger partial charge on any atom is -0.494 e.